The molecule has 0 radical (unpaired) electrons. The lowest BCUT2D eigenvalue weighted by atomic mass is 10.1. The van der Waals surface area contributed by atoms with Gasteiger partial charge in [-0.3, -0.25) is 9.59 Å². The second-order valence-corrected chi connectivity index (χ2v) is 7.52. The van der Waals surface area contributed by atoms with Crippen LogP contribution in [0.2, 0.25) is 0 Å². The fourth-order valence-electron chi connectivity index (χ4n) is 3.26. The molecule has 1 aromatic carbocycles. The molecule has 2 N–H and O–H groups in total. The highest BCUT2D eigenvalue weighted by Gasteiger charge is 2.31. The average molecular weight is 411 g/mol. The van der Waals surface area contributed by atoms with Crippen LogP contribution in [0.5, 0.6) is 0 Å². The molecule has 4 rings (SSSR count). The van der Waals surface area contributed by atoms with Crippen LogP contribution in [0.1, 0.15) is 38.6 Å². The second-order valence-electron chi connectivity index (χ2n) is 6.44. The monoisotopic (exact) mass is 411 g/mol. The molecule has 0 saturated carbocycles. The number of carbonyl (C=O) groups is 1. The number of nitrogens with one attached hydrogen (secondary N) is 2. The molecule has 146 valence electrons. The molecule has 3 aromatic rings. The SMILES string of the molecule is O=C(NCc1cc(C(F)(F)F)ccc1F)c1nc2sc3c(c2c(=O)[nH]1)CCC3. The summed E-state index contributed by atoms with van der Waals surface area (Å²) in [4.78, 5) is 32.8. The van der Waals surface area contributed by atoms with E-state index < -0.39 is 35.6 Å². The minimum Gasteiger partial charge on any atom is -0.345 e. The third kappa shape index (κ3) is 3.28. The number of amides is 1. The number of rotatable bonds is 3. The smallest absolute Gasteiger partial charge is 0.345 e. The molecule has 10 heteroatoms. The Balaban J connectivity index is 1.57. The zero-order valence-corrected chi connectivity index (χ0v) is 15.1. The molecule has 2 heterocycles. The van der Waals surface area contributed by atoms with Gasteiger partial charge in [-0.25, -0.2) is 9.37 Å². The van der Waals surface area contributed by atoms with Crippen molar-refractivity contribution in [2.75, 3.05) is 0 Å². The highest BCUT2D eigenvalue weighted by molar-refractivity contribution is 7.18. The predicted molar refractivity (Wildman–Crippen MR) is 94.8 cm³/mol. The first-order valence-electron chi connectivity index (χ1n) is 8.42. The minimum absolute atomic E-state index is 0.259. The van der Waals surface area contributed by atoms with Crippen LogP contribution in [0.25, 0.3) is 10.2 Å². The molecule has 1 aliphatic carbocycles. The summed E-state index contributed by atoms with van der Waals surface area (Å²) >= 11 is 1.36. The lowest BCUT2D eigenvalue weighted by molar-refractivity contribution is -0.137. The number of benzene rings is 1. The van der Waals surface area contributed by atoms with Gasteiger partial charge in [-0.2, -0.15) is 13.2 Å². The molecular weight excluding hydrogens is 398 g/mol. The average Bonchev–Trinajstić information content (AvgIpc) is 3.20. The molecule has 0 atom stereocenters. The van der Waals surface area contributed by atoms with Gasteiger partial charge in [0, 0.05) is 17.0 Å². The van der Waals surface area contributed by atoms with Gasteiger partial charge < -0.3 is 10.3 Å². The third-order valence-electron chi connectivity index (χ3n) is 4.60. The Morgan fingerprint density at radius 2 is 2.07 bits per heavy atom. The van der Waals surface area contributed by atoms with Crippen LogP contribution in [0.15, 0.2) is 23.0 Å². The van der Waals surface area contributed by atoms with E-state index in [2.05, 4.69) is 15.3 Å². The Bertz CT molecular complexity index is 1150. The molecule has 0 unspecified atom stereocenters. The fourth-order valence-corrected chi connectivity index (χ4v) is 4.52. The number of alkyl halides is 3. The van der Waals surface area contributed by atoms with E-state index in [0.717, 1.165) is 29.7 Å². The maximum absolute atomic E-state index is 13.8. The topological polar surface area (TPSA) is 74.8 Å². The first-order valence-corrected chi connectivity index (χ1v) is 9.24. The summed E-state index contributed by atoms with van der Waals surface area (Å²) in [7, 11) is 0. The van der Waals surface area contributed by atoms with Crippen molar-refractivity contribution in [3.05, 3.63) is 61.8 Å². The summed E-state index contributed by atoms with van der Waals surface area (Å²) in [5.74, 6) is -1.94. The number of nitrogens with zero attached hydrogens (tertiary/aromatic N) is 1. The van der Waals surface area contributed by atoms with Gasteiger partial charge in [0.1, 0.15) is 10.6 Å². The highest BCUT2D eigenvalue weighted by Crippen LogP contribution is 2.34. The number of hydrogen-bond donors (Lipinski definition) is 2. The summed E-state index contributed by atoms with van der Waals surface area (Å²) in [6.45, 7) is -0.475. The summed E-state index contributed by atoms with van der Waals surface area (Å²) in [6.07, 6.45) is -1.99. The van der Waals surface area contributed by atoms with Crippen molar-refractivity contribution < 1.29 is 22.4 Å². The Morgan fingerprint density at radius 1 is 1.29 bits per heavy atom. The molecule has 1 amide bonds. The van der Waals surface area contributed by atoms with Gasteiger partial charge in [0.15, 0.2) is 0 Å². The quantitative estimate of drug-likeness (QED) is 0.648. The molecule has 0 bridgehead atoms. The largest absolute Gasteiger partial charge is 0.416 e. The van der Waals surface area contributed by atoms with Gasteiger partial charge in [-0.1, -0.05) is 0 Å². The van der Waals surface area contributed by atoms with Crippen LogP contribution in [0.3, 0.4) is 0 Å². The zero-order valence-electron chi connectivity index (χ0n) is 14.2. The van der Waals surface area contributed by atoms with Crippen molar-refractivity contribution in [2.24, 2.45) is 0 Å². The lowest BCUT2D eigenvalue weighted by Crippen LogP contribution is -2.28. The van der Waals surface area contributed by atoms with Crippen molar-refractivity contribution >= 4 is 27.5 Å². The molecule has 5 nitrogen and oxygen atoms in total. The van der Waals surface area contributed by atoms with Gasteiger partial charge in [0.25, 0.3) is 11.5 Å². The maximum Gasteiger partial charge on any atom is 0.416 e. The molecular formula is C18H13F4N3O2S. The van der Waals surface area contributed by atoms with Crippen LogP contribution in [0.4, 0.5) is 17.6 Å². The summed E-state index contributed by atoms with van der Waals surface area (Å²) < 4.78 is 52.1. The van der Waals surface area contributed by atoms with Crippen LogP contribution in [-0.4, -0.2) is 15.9 Å². The number of thiophene rings is 1. The lowest BCUT2D eigenvalue weighted by Gasteiger charge is -2.10. The Morgan fingerprint density at radius 3 is 2.82 bits per heavy atom. The zero-order chi connectivity index (χ0) is 20.1. The van der Waals surface area contributed by atoms with Gasteiger partial charge in [0.2, 0.25) is 5.82 Å². The van der Waals surface area contributed by atoms with Crippen LogP contribution in [-0.2, 0) is 25.6 Å². The number of hydrogen-bond acceptors (Lipinski definition) is 4. The van der Waals surface area contributed by atoms with Gasteiger partial charge in [0.05, 0.1) is 10.9 Å². The number of aromatic nitrogens is 2. The van der Waals surface area contributed by atoms with E-state index in [1.54, 1.807) is 0 Å². The van der Waals surface area contributed by atoms with E-state index in [-0.39, 0.29) is 11.4 Å². The van der Waals surface area contributed by atoms with E-state index >= 15 is 0 Å². The number of carbonyl (C=O) groups excluding carboxylic acids is 1. The number of halogens is 4. The van der Waals surface area contributed by atoms with Crippen molar-refractivity contribution in [3.8, 4) is 0 Å². The van der Waals surface area contributed by atoms with E-state index in [1.165, 1.54) is 11.3 Å². The van der Waals surface area contributed by atoms with Crippen molar-refractivity contribution in [3.63, 3.8) is 0 Å². The van der Waals surface area contributed by atoms with E-state index in [0.29, 0.717) is 28.4 Å². The summed E-state index contributed by atoms with van der Waals surface area (Å²) in [5.41, 5.74) is -0.799. The highest BCUT2D eigenvalue weighted by atomic mass is 32.1. The number of H-pyrrole nitrogens is 1. The van der Waals surface area contributed by atoms with Gasteiger partial charge >= 0.3 is 6.18 Å². The molecule has 0 spiro atoms. The number of fused-ring (bicyclic) bond motifs is 3. The van der Waals surface area contributed by atoms with Crippen LogP contribution >= 0.6 is 11.3 Å². The molecule has 0 fully saturated rings. The second kappa shape index (κ2) is 6.69. The Hall–Kier alpha value is -2.75. The van der Waals surface area contributed by atoms with E-state index in [4.69, 9.17) is 0 Å². The Labute approximate surface area is 159 Å². The summed E-state index contributed by atoms with van der Waals surface area (Å²) in [5, 5.41) is 2.79. The fraction of sp³-hybridized carbons (Fsp3) is 0.278. The van der Waals surface area contributed by atoms with Gasteiger partial charge in [-0.05, 0) is 43.0 Å². The van der Waals surface area contributed by atoms with Crippen molar-refractivity contribution in [1.82, 2.24) is 15.3 Å². The van der Waals surface area contributed by atoms with Crippen molar-refractivity contribution in [1.29, 1.82) is 0 Å². The molecule has 28 heavy (non-hydrogen) atoms. The van der Waals surface area contributed by atoms with Crippen molar-refractivity contribution in [2.45, 2.75) is 32.0 Å². The van der Waals surface area contributed by atoms with Gasteiger partial charge in [-0.15, -0.1) is 11.3 Å². The normalized spacial score (nSPS) is 13.7. The number of aromatic amines is 1. The predicted octanol–water partition coefficient (Wildman–Crippen LogP) is 3.56. The minimum atomic E-state index is -4.62. The molecule has 0 saturated heterocycles. The van der Waals surface area contributed by atoms with E-state index in [1.807, 2.05) is 0 Å². The Kier molecular flexibility index (Phi) is 4.45. The molecule has 2 aromatic heterocycles. The molecule has 0 aliphatic heterocycles. The molecule has 1 aliphatic rings. The third-order valence-corrected chi connectivity index (χ3v) is 5.79. The maximum atomic E-state index is 13.8. The summed E-state index contributed by atoms with van der Waals surface area (Å²) in [6, 6.07) is 1.96. The van der Waals surface area contributed by atoms with E-state index in [9.17, 15) is 27.2 Å². The van der Waals surface area contributed by atoms with Crippen LogP contribution in [0, 0.1) is 5.82 Å². The van der Waals surface area contributed by atoms with Crippen LogP contribution < -0.4 is 10.9 Å². The first kappa shape index (κ1) is 18.6. The first-order chi connectivity index (χ1) is 13.2. The standard InChI is InChI=1S/C18H13F4N3O2S/c19-11-5-4-9(18(20,21)22)6-8(11)7-23-16(27)14-24-15(26)13-10-2-1-3-12(10)28-17(13)25-14/h4-6H,1-3,7H2,(H,23,27)(H,24,25,26). The number of aryl methyl sites for hydroxylation is 2.